The minimum atomic E-state index is -2.14. The molecule has 0 aromatic rings. The number of hydrogen-bond acceptors (Lipinski definition) is 3. The van der Waals surface area contributed by atoms with Crippen LogP contribution in [0.1, 0.15) is 33.6 Å². The van der Waals surface area contributed by atoms with Gasteiger partial charge in [0.1, 0.15) is 5.22 Å². The van der Waals surface area contributed by atoms with E-state index in [2.05, 4.69) is 13.5 Å². The highest BCUT2D eigenvalue weighted by atomic mass is 28.4. The summed E-state index contributed by atoms with van der Waals surface area (Å²) in [5, 5.41) is -0.0843. The third-order valence-corrected chi connectivity index (χ3v) is 7.20. The van der Waals surface area contributed by atoms with E-state index in [0.717, 1.165) is 19.4 Å². The Bertz CT molecular complexity index is 169. The molecule has 0 aromatic heterocycles. The first kappa shape index (κ1) is 12.2. The van der Waals surface area contributed by atoms with E-state index in [1.165, 1.54) is 0 Å². The molecule has 0 spiro atoms. The quantitative estimate of drug-likeness (QED) is 0.640. The normalized spacial score (nSPS) is 27.4. The molecule has 1 atom stereocenters. The summed E-state index contributed by atoms with van der Waals surface area (Å²) >= 11 is 0. The number of hydrogen-bond donors (Lipinski definition) is 0. The summed E-state index contributed by atoms with van der Waals surface area (Å²) in [6.45, 7) is 10.6. The van der Waals surface area contributed by atoms with Gasteiger partial charge in [-0.25, -0.2) is 0 Å². The molecule has 1 aliphatic rings. The number of rotatable bonds is 6. The minimum Gasteiger partial charge on any atom is -0.393 e. The van der Waals surface area contributed by atoms with Crippen LogP contribution in [-0.4, -0.2) is 33.6 Å². The Hall–Kier alpha value is 0.0969. The van der Waals surface area contributed by atoms with Gasteiger partial charge in [0.25, 0.3) is 0 Å². The molecular formula is C10H22O3Si. The van der Waals surface area contributed by atoms with Crippen LogP contribution in [-0.2, 0) is 13.6 Å². The predicted octanol–water partition coefficient (Wildman–Crippen LogP) is 2.24. The van der Waals surface area contributed by atoms with Crippen molar-refractivity contribution in [2.75, 3.05) is 19.8 Å². The van der Waals surface area contributed by atoms with Gasteiger partial charge in [0.05, 0.1) is 0 Å². The minimum absolute atomic E-state index is 0.0843. The van der Waals surface area contributed by atoms with E-state index in [0.29, 0.717) is 13.2 Å². The second kappa shape index (κ2) is 4.75. The van der Waals surface area contributed by atoms with Crippen LogP contribution in [0.5, 0.6) is 0 Å². The van der Waals surface area contributed by atoms with Crippen LogP contribution < -0.4 is 0 Å². The Balaban J connectivity index is 2.73. The maximum absolute atomic E-state index is 5.86. The van der Waals surface area contributed by atoms with Crippen LogP contribution in [0.15, 0.2) is 0 Å². The number of ether oxygens (including phenoxy) is 1. The van der Waals surface area contributed by atoms with E-state index in [1.54, 1.807) is 0 Å². The van der Waals surface area contributed by atoms with Crippen LogP contribution in [0.25, 0.3) is 0 Å². The third-order valence-electron chi connectivity index (χ3n) is 3.12. The molecule has 84 valence electrons. The maximum atomic E-state index is 5.86. The average Bonchev–Trinajstić information content (AvgIpc) is 2.03. The average molecular weight is 218 g/mol. The molecule has 14 heavy (non-hydrogen) atoms. The molecule has 1 aliphatic heterocycles. The maximum Gasteiger partial charge on any atom is 0.368 e. The van der Waals surface area contributed by atoms with E-state index >= 15 is 0 Å². The van der Waals surface area contributed by atoms with Crippen molar-refractivity contribution < 1.29 is 13.6 Å². The summed E-state index contributed by atoms with van der Waals surface area (Å²) in [6.07, 6.45) is 2.09. The van der Waals surface area contributed by atoms with Crippen LogP contribution in [0.3, 0.4) is 0 Å². The zero-order valence-electron chi connectivity index (χ0n) is 9.76. The Morgan fingerprint density at radius 2 is 1.71 bits per heavy atom. The summed E-state index contributed by atoms with van der Waals surface area (Å²) in [5.41, 5.74) is 0. The molecule has 0 N–H and O–H groups in total. The van der Waals surface area contributed by atoms with Gasteiger partial charge in [-0.2, -0.15) is 0 Å². The Labute approximate surface area is 88.0 Å². The molecule has 1 rings (SSSR count). The highest BCUT2D eigenvalue weighted by Gasteiger charge is 2.58. The zero-order chi connectivity index (χ0) is 10.7. The van der Waals surface area contributed by atoms with Gasteiger partial charge in [0, 0.05) is 26.2 Å². The van der Waals surface area contributed by atoms with Crippen molar-refractivity contribution in [2.45, 2.75) is 45.4 Å². The molecule has 4 heteroatoms. The topological polar surface area (TPSA) is 27.7 Å². The second-order valence-electron chi connectivity index (χ2n) is 3.76. The Morgan fingerprint density at radius 3 is 1.93 bits per heavy atom. The molecular weight excluding hydrogens is 196 g/mol. The Morgan fingerprint density at radius 1 is 1.21 bits per heavy atom. The predicted molar refractivity (Wildman–Crippen MR) is 58.5 cm³/mol. The van der Waals surface area contributed by atoms with Crippen molar-refractivity contribution in [2.24, 2.45) is 0 Å². The summed E-state index contributed by atoms with van der Waals surface area (Å²) in [6, 6.07) is 0. The van der Waals surface area contributed by atoms with Gasteiger partial charge in [-0.15, -0.1) is 0 Å². The van der Waals surface area contributed by atoms with Crippen molar-refractivity contribution in [3.8, 4) is 0 Å². The fourth-order valence-electron chi connectivity index (χ4n) is 2.16. The van der Waals surface area contributed by atoms with Gasteiger partial charge in [0.15, 0.2) is 0 Å². The van der Waals surface area contributed by atoms with Crippen LogP contribution in [0.4, 0.5) is 0 Å². The van der Waals surface area contributed by atoms with Gasteiger partial charge < -0.3 is 13.6 Å². The molecule has 1 fully saturated rings. The summed E-state index contributed by atoms with van der Waals surface area (Å²) in [7, 11) is -2.14. The van der Waals surface area contributed by atoms with Crippen molar-refractivity contribution in [1.82, 2.24) is 0 Å². The van der Waals surface area contributed by atoms with E-state index in [4.69, 9.17) is 13.6 Å². The molecule has 0 radical (unpaired) electrons. The standard InChI is InChI=1S/C10H22O3Si/c1-5-10(8-9-11-10)14(4,12-6-2)13-7-3/h5-9H2,1-4H3. The van der Waals surface area contributed by atoms with Crippen LogP contribution in [0, 0.1) is 0 Å². The smallest absolute Gasteiger partial charge is 0.368 e. The van der Waals surface area contributed by atoms with Crippen molar-refractivity contribution in [1.29, 1.82) is 0 Å². The van der Waals surface area contributed by atoms with Gasteiger partial charge >= 0.3 is 8.56 Å². The first-order valence-corrected chi connectivity index (χ1v) is 7.87. The molecule has 0 aliphatic carbocycles. The van der Waals surface area contributed by atoms with E-state index in [9.17, 15) is 0 Å². The van der Waals surface area contributed by atoms with Crippen molar-refractivity contribution in [3.63, 3.8) is 0 Å². The summed E-state index contributed by atoms with van der Waals surface area (Å²) < 4.78 is 17.5. The van der Waals surface area contributed by atoms with E-state index in [1.807, 2.05) is 13.8 Å². The van der Waals surface area contributed by atoms with Gasteiger partial charge in [-0.05, 0) is 26.8 Å². The fraction of sp³-hybridized carbons (Fsp3) is 1.00. The molecule has 1 heterocycles. The lowest BCUT2D eigenvalue weighted by Gasteiger charge is -2.50. The summed E-state index contributed by atoms with van der Waals surface area (Å²) in [4.78, 5) is 0. The van der Waals surface area contributed by atoms with Gasteiger partial charge in [-0.3, -0.25) is 0 Å². The lowest BCUT2D eigenvalue weighted by atomic mass is 10.1. The second-order valence-corrected chi connectivity index (χ2v) is 7.14. The van der Waals surface area contributed by atoms with Crippen molar-refractivity contribution >= 4 is 8.56 Å². The molecule has 0 aromatic carbocycles. The molecule has 1 saturated heterocycles. The summed E-state index contributed by atoms with van der Waals surface area (Å²) in [5.74, 6) is 0. The molecule has 0 saturated carbocycles. The highest BCUT2D eigenvalue weighted by Crippen LogP contribution is 2.39. The molecule has 3 nitrogen and oxygen atoms in total. The Kier molecular flexibility index (Phi) is 4.12. The zero-order valence-corrected chi connectivity index (χ0v) is 10.8. The SMILES string of the molecule is CCO[Si](C)(OCC)C1(CC)CCO1. The van der Waals surface area contributed by atoms with Crippen LogP contribution in [0.2, 0.25) is 6.55 Å². The van der Waals surface area contributed by atoms with E-state index in [-0.39, 0.29) is 5.22 Å². The van der Waals surface area contributed by atoms with Gasteiger partial charge in [0.2, 0.25) is 0 Å². The molecule has 1 unspecified atom stereocenters. The first-order chi connectivity index (χ1) is 6.64. The fourth-order valence-corrected chi connectivity index (χ4v) is 5.44. The van der Waals surface area contributed by atoms with Gasteiger partial charge in [-0.1, -0.05) is 6.92 Å². The van der Waals surface area contributed by atoms with Crippen molar-refractivity contribution in [3.05, 3.63) is 0 Å². The largest absolute Gasteiger partial charge is 0.393 e. The molecule has 0 amide bonds. The lowest BCUT2D eigenvalue weighted by Crippen LogP contribution is -2.67. The lowest BCUT2D eigenvalue weighted by molar-refractivity contribution is -0.123. The third kappa shape index (κ3) is 1.89. The first-order valence-electron chi connectivity index (χ1n) is 5.56. The molecule has 0 bridgehead atoms. The van der Waals surface area contributed by atoms with Crippen LogP contribution >= 0.6 is 0 Å². The highest BCUT2D eigenvalue weighted by molar-refractivity contribution is 6.69. The monoisotopic (exact) mass is 218 g/mol. The van der Waals surface area contributed by atoms with E-state index < -0.39 is 8.56 Å².